The molecule has 2 aromatic heterocycles. The topological polar surface area (TPSA) is 60.0 Å². The Morgan fingerprint density at radius 1 is 1.38 bits per heavy atom. The van der Waals surface area contributed by atoms with Gasteiger partial charge in [-0.3, -0.25) is 4.90 Å². The Morgan fingerprint density at radius 2 is 2.25 bits per heavy atom. The highest BCUT2D eigenvalue weighted by molar-refractivity contribution is 5.03. The largest absolute Gasteiger partial charge is 0.338 e. The lowest BCUT2D eigenvalue weighted by Crippen LogP contribution is -2.35. The zero-order valence-corrected chi connectivity index (χ0v) is 15.1. The maximum atomic E-state index is 5.41. The number of aromatic nitrogens is 4. The first kappa shape index (κ1) is 17.1. The molecule has 0 aliphatic carbocycles. The van der Waals surface area contributed by atoms with Gasteiger partial charge >= 0.3 is 0 Å². The molecule has 0 spiro atoms. The van der Waals surface area contributed by atoms with Crippen molar-refractivity contribution in [3.63, 3.8) is 0 Å². The van der Waals surface area contributed by atoms with Crippen LogP contribution in [0.25, 0.3) is 0 Å². The smallest absolute Gasteiger partial charge is 0.240 e. The van der Waals surface area contributed by atoms with Crippen LogP contribution in [0, 0.1) is 0 Å². The van der Waals surface area contributed by atoms with Crippen molar-refractivity contribution in [2.24, 2.45) is 0 Å². The molecule has 0 bridgehead atoms. The van der Waals surface area contributed by atoms with Crippen LogP contribution < -0.4 is 0 Å². The van der Waals surface area contributed by atoms with Crippen molar-refractivity contribution in [3.05, 3.63) is 29.9 Å². The van der Waals surface area contributed by atoms with Gasteiger partial charge < -0.3 is 9.09 Å². The van der Waals surface area contributed by atoms with E-state index in [1.165, 1.54) is 31.5 Å². The highest BCUT2D eigenvalue weighted by Gasteiger charge is 2.26. The second kappa shape index (κ2) is 7.92. The van der Waals surface area contributed by atoms with Crippen molar-refractivity contribution >= 4 is 0 Å². The molecule has 1 aliphatic rings. The Labute approximate surface area is 144 Å². The van der Waals surface area contributed by atoms with Gasteiger partial charge in [-0.2, -0.15) is 4.98 Å². The van der Waals surface area contributed by atoms with E-state index in [0.717, 1.165) is 37.9 Å². The Morgan fingerprint density at radius 3 is 3.00 bits per heavy atom. The van der Waals surface area contributed by atoms with Gasteiger partial charge in [0, 0.05) is 37.3 Å². The van der Waals surface area contributed by atoms with Crippen molar-refractivity contribution in [1.29, 1.82) is 0 Å². The minimum absolute atomic E-state index is 0.308. The number of unbranched alkanes of at least 4 members (excludes halogenated alkanes) is 1. The Bertz CT molecular complexity index is 633. The standard InChI is InChI=1S/C18H29N5O/c1-4-5-10-23-11-8-19-18(23)15-7-6-9-22(12-15)13-16-20-17(14(2)3)21-24-16/h8,11,14-15H,4-7,9-10,12-13H2,1-3H3/t15-/m0/s1. The van der Waals surface area contributed by atoms with E-state index >= 15 is 0 Å². The van der Waals surface area contributed by atoms with Gasteiger partial charge in [0.25, 0.3) is 0 Å². The summed E-state index contributed by atoms with van der Waals surface area (Å²) in [5.74, 6) is 3.57. The molecule has 6 nitrogen and oxygen atoms in total. The average molecular weight is 331 g/mol. The molecule has 0 N–H and O–H groups in total. The minimum Gasteiger partial charge on any atom is -0.338 e. The van der Waals surface area contributed by atoms with E-state index < -0.39 is 0 Å². The van der Waals surface area contributed by atoms with Gasteiger partial charge in [0.1, 0.15) is 5.82 Å². The summed E-state index contributed by atoms with van der Waals surface area (Å²) in [4.78, 5) is 11.6. The first-order valence-electron chi connectivity index (χ1n) is 9.23. The van der Waals surface area contributed by atoms with Crippen LogP contribution in [-0.4, -0.2) is 37.7 Å². The Balaban J connectivity index is 1.62. The Kier molecular flexibility index (Phi) is 5.66. The summed E-state index contributed by atoms with van der Waals surface area (Å²) in [5.41, 5.74) is 0. The molecule has 3 heterocycles. The number of nitrogens with zero attached hydrogens (tertiary/aromatic N) is 5. The van der Waals surface area contributed by atoms with Crippen molar-refractivity contribution in [2.45, 2.75) is 71.4 Å². The molecule has 3 rings (SSSR count). The number of likely N-dealkylation sites (tertiary alicyclic amines) is 1. The van der Waals surface area contributed by atoms with Crippen molar-refractivity contribution in [1.82, 2.24) is 24.6 Å². The molecule has 6 heteroatoms. The van der Waals surface area contributed by atoms with Crippen LogP contribution in [0.5, 0.6) is 0 Å². The first-order valence-corrected chi connectivity index (χ1v) is 9.23. The zero-order valence-electron chi connectivity index (χ0n) is 15.1. The molecule has 0 aromatic carbocycles. The third kappa shape index (κ3) is 4.04. The average Bonchev–Trinajstić information content (AvgIpc) is 3.22. The van der Waals surface area contributed by atoms with Crippen LogP contribution in [0.4, 0.5) is 0 Å². The van der Waals surface area contributed by atoms with E-state index in [9.17, 15) is 0 Å². The third-order valence-electron chi connectivity index (χ3n) is 4.73. The van der Waals surface area contributed by atoms with E-state index in [1.807, 2.05) is 6.20 Å². The summed E-state index contributed by atoms with van der Waals surface area (Å²) in [5, 5.41) is 4.07. The lowest BCUT2D eigenvalue weighted by Gasteiger charge is -2.31. The van der Waals surface area contributed by atoms with E-state index in [2.05, 4.69) is 51.6 Å². The molecular formula is C18H29N5O. The molecule has 0 unspecified atom stereocenters. The molecule has 1 atom stereocenters. The SMILES string of the molecule is CCCCn1ccnc1[C@H]1CCCN(Cc2nc(C(C)C)no2)C1. The molecule has 1 aliphatic heterocycles. The van der Waals surface area contributed by atoms with Gasteiger partial charge in [0.15, 0.2) is 5.82 Å². The number of aryl methyl sites for hydroxylation is 1. The summed E-state index contributed by atoms with van der Waals surface area (Å²) < 4.78 is 7.74. The molecular weight excluding hydrogens is 302 g/mol. The van der Waals surface area contributed by atoms with Gasteiger partial charge in [-0.25, -0.2) is 4.98 Å². The van der Waals surface area contributed by atoms with E-state index in [1.54, 1.807) is 0 Å². The fourth-order valence-electron chi connectivity index (χ4n) is 3.37. The number of imidazole rings is 1. The minimum atomic E-state index is 0.308. The monoisotopic (exact) mass is 331 g/mol. The van der Waals surface area contributed by atoms with Crippen molar-refractivity contribution in [2.75, 3.05) is 13.1 Å². The number of rotatable bonds is 7. The van der Waals surface area contributed by atoms with Gasteiger partial charge in [-0.15, -0.1) is 0 Å². The third-order valence-corrected chi connectivity index (χ3v) is 4.73. The van der Waals surface area contributed by atoms with Crippen LogP contribution in [-0.2, 0) is 13.1 Å². The molecule has 2 aromatic rings. The van der Waals surface area contributed by atoms with Gasteiger partial charge in [-0.05, 0) is 25.8 Å². The normalized spacial score (nSPS) is 19.2. The van der Waals surface area contributed by atoms with Crippen LogP contribution in [0.3, 0.4) is 0 Å². The van der Waals surface area contributed by atoms with E-state index in [-0.39, 0.29) is 0 Å². The molecule has 0 amide bonds. The number of hydrogen-bond donors (Lipinski definition) is 0. The summed E-state index contributed by atoms with van der Waals surface area (Å²) >= 11 is 0. The van der Waals surface area contributed by atoms with Gasteiger partial charge in [0.2, 0.25) is 5.89 Å². The predicted octanol–water partition coefficient (Wildman–Crippen LogP) is 3.57. The molecule has 132 valence electrons. The molecule has 1 saturated heterocycles. The van der Waals surface area contributed by atoms with E-state index in [4.69, 9.17) is 4.52 Å². The van der Waals surface area contributed by atoms with Crippen LogP contribution in [0.1, 0.15) is 75.8 Å². The highest BCUT2D eigenvalue weighted by atomic mass is 16.5. The fourth-order valence-corrected chi connectivity index (χ4v) is 3.37. The summed E-state index contributed by atoms with van der Waals surface area (Å²) in [6, 6.07) is 0. The first-order chi connectivity index (χ1) is 11.7. The van der Waals surface area contributed by atoms with Crippen molar-refractivity contribution < 1.29 is 4.52 Å². The van der Waals surface area contributed by atoms with E-state index in [0.29, 0.717) is 11.8 Å². The Hall–Kier alpha value is -1.69. The zero-order chi connectivity index (χ0) is 16.9. The maximum absolute atomic E-state index is 5.41. The molecule has 0 radical (unpaired) electrons. The lowest BCUT2D eigenvalue weighted by molar-refractivity contribution is 0.172. The lowest BCUT2D eigenvalue weighted by atomic mass is 9.97. The van der Waals surface area contributed by atoms with Crippen LogP contribution in [0.2, 0.25) is 0 Å². The summed E-state index contributed by atoms with van der Waals surface area (Å²) in [7, 11) is 0. The molecule has 24 heavy (non-hydrogen) atoms. The van der Waals surface area contributed by atoms with Gasteiger partial charge in [-0.1, -0.05) is 32.3 Å². The summed E-state index contributed by atoms with van der Waals surface area (Å²) in [6.07, 6.45) is 8.88. The number of hydrogen-bond acceptors (Lipinski definition) is 5. The quantitative estimate of drug-likeness (QED) is 0.776. The van der Waals surface area contributed by atoms with Crippen LogP contribution >= 0.6 is 0 Å². The molecule has 0 saturated carbocycles. The molecule has 1 fully saturated rings. The predicted molar refractivity (Wildman–Crippen MR) is 92.8 cm³/mol. The summed E-state index contributed by atoms with van der Waals surface area (Å²) in [6.45, 7) is 10.3. The number of piperidine rings is 1. The highest BCUT2D eigenvalue weighted by Crippen LogP contribution is 2.27. The second-order valence-electron chi connectivity index (χ2n) is 7.11. The van der Waals surface area contributed by atoms with Gasteiger partial charge in [0.05, 0.1) is 6.54 Å². The maximum Gasteiger partial charge on any atom is 0.240 e. The second-order valence-corrected chi connectivity index (χ2v) is 7.11. The fraction of sp³-hybridized carbons (Fsp3) is 0.722. The van der Waals surface area contributed by atoms with Crippen molar-refractivity contribution in [3.8, 4) is 0 Å². The van der Waals surface area contributed by atoms with Crippen LogP contribution in [0.15, 0.2) is 16.9 Å².